The third-order valence-corrected chi connectivity index (χ3v) is 13.2. The first-order valence-corrected chi connectivity index (χ1v) is 29.0. The Bertz CT molecular complexity index is 2620. The molecule has 15 nitrogen and oxygen atoms in total. The van der Waals surface area contributed by atoms with Crippen LogP contribution in [0.4, 0.5) is 34.9 Å². The van der Waals surface area contributed by atoms with E-state index in [0.717, 1.165) is 38.5 Å². The Morgan fingerprint density at radius 3 is 0.765 bits per heavy atom. The number of esters is 3. The number of benzene rings is 6. The minimum atomic E-state index is -0.497. The maximum absolute atomic E-state index is 13.1. The van der Waals surface area contributed by atoms with Crippen LogP contribution in [-0.4, -0.2) is 52.7 Å². The van der Waals surface area contributed by atoms with Gasteiger partial charge in [-0.15, -0.1) is 0 Å². The molecule has 0 spiro atoms. The van der Waals surface area contributed by atoms with Crippen LogP contribution in [0, 0.1) is 0 Å². The molecule has 7 aromatic rings. The largest absolute Gasteiger partial charge is 0.494 e. The van der Waals surface area contributed by atoms with E-state index >= 15 is 0 Å². The van der Waals surface area contributed by atoms with Crippen molar-refractivity contribution in [2.45, 2.75) is 136 Å². The normalized spacial score (nSPS) is 10.9. The number of nitrogens with one attached hydrogen (secondary N) is 3. The summed E-state index contributed by atoms with van der Waals surface area (Å²) in [4.78, 5) is 53.2. The van der Waals surface area contributed by atoms with Crippen LogP contribution in [-0.2, 0) is 0 Å². The summed E-state index contributed by atoms with van der Waals surface area (Å²) in [6, 6.07) is 41.3. The monoisotopic (exact) mass is 1100 g/mol. The number of ether oxygens (including phenoxy) is 6. The smallest absolute Gasteiger partial charge is 0.343 e. The number of hydrogen-bond donors (Lipinski definition) is 3. The van der Waals surface area contributed by atoms with Crippen molar-refractivity contribution in [1.29, 1.82) is 0 Å². The minimum absolute atomic E-state index is 0.187. The van der Waals surface area contributed by atoms with Gasteiger partial charge in [-0.2, -0.15) is 15.0 Å². The third kappa shape index (κ3) is 21.6. The molecule has 426 valence electrons. The number of anilines is 6. The maximum Gasteiger partial charge on any atom is 0.343 e. The lowest BCUT2D eigenvalue weighted by atomic mass is 10.1. The maximum atomic E-state index is 13.1. The summed E-state index contributed by atoms with van der Waals surface area (Å²) in [6.45, 7) is 8.55. The summed E-state index contributed by atoms with van der Waals surface area (Å²) < 4.78 is 34.7. The average Bonchev–Trinajstić information content (AvgIpc) is 3.53. The predicted octanol–water partition coefficient (Wildman–Crippen LogP) is 17.0. The molecule has 15 heteroatoms. The average molecular weight is 1100 g/mol. The molecule has 0 radical (unpaired) electrons. The lowest BCUT2D eigenvalue weighted by Gasteiger charge is -2.13. The minimum Gasteiger partial charge on any atom is -0.494 e. The highest BCUT2D eigenvalue weighted by molar-refractivity contribution is 5.92. The SMILES string of the molecule is CCCCCCCCOc1ccc(C(=O)Oc2ccc(Nc3nc(Nc4ccc(OC(=O)c5ccc(OCCCCCCCC)cc5)cc4)nc(Nc4ccc(OC(=O)c5ccc(OCCCCCCCC)cc5)cc4)n3)cc2)cc1. The second-order valence-electron chi connectivity index (χ2n) is 19.8. The van der Waals surface area contributed by atoms with Gasteiger partial charge in [0.25, 0.3) is 0 Å². The molecule has 0 aliphatic heterocycles. The Balaban J connectivity index is 0.964. The fourth-order valence-corrected chi connectivity index (χ4v) is 8.53. The highest BCUT2D eigenvalue weighted by Gasteiger charge is 2.15. The first-order valence-electron chi connectivity index (χ1n) is 29.0. The zero-order valence-electron chi connectivity index (χ0n) is 47.2. The number of carbonyl (C=O) groups excluding carboxylic acids is 3. The van der Waals surface area contributed by atoms with Gasteiger partial charge in [0.2, 0.25) is 17.8 Å². The van der Waals surface area contributed by atoms with Gasteiger partial charge >= 0.3 is 17.9 Å². The molecule has 0 bridgehead atoms. The Kier molecular flexibility index (Phi) is 25.2. The van der Waals surface area contributed by atoms with Gasteiger partial charge in [0.15, 0.2) is 0 Å². The van der Waals surface area contributed by atoms with Crippen LogP contribution in [0.5, 0.6) is 34.5 Å². The lowest BCUT2D eigenvalue weighted by molar-refractivity contribution is 0.0725. The summed E-state index contributed by atoms with van der Waals surface area (Å²) in [6.07, 6.45) is 21.3. The standard InChI is InChI=1S/C66H78N6O9/c1-4-7-10-13-16-19-46-76-55-34-22-49(23-35-55)61(73)79-58-40-28-52(29-41-58)67-64-70-65(68-53-30-42-59(43-31-53)80-62(74)50-24-36-56(37-25-50)77-47-20-17-14-11-8-5-2)72-66(71-64)69-54-32-44-60(45-33-54)81-63(75)51-26-38-57(39-27-51)78-48-21-18-15-12-9-6-3/h22-45H,4-21,46-48H2,1-3H3,(H3,67,68,69,70,71,72). The van der Waals surface area contributed by atoms with Gasteiger partial charge in [0, 0.05) is 17.1 Å². The zero-order valence-corrected chi connectivity index (χ0v) is 47.2. The molecular formula is C66H78N6O9. The van der Waals surface area contributed by atoms with Gasteiger partial charge in [-0.05, 0) is 165 Å². The number of aromatic nitrogens is 3. The van der Waals surface area contributed by atoms with Crippen LogP contribution >= 0.6 is 0 Å². The van der Waals surface area contributed by atoms with E-state index in [4.69, 9.17) is 28.4 Å². The fraction of sp³-hybridized carbons (Fsp3) is 0.364. The molecule has 0 aliphatic carbocycles. The molecule has 3 N–H and O–H groups in total. The van der Waals surface area contributed by atoms with E-state index in [2.05, 4.69) is 51.7 Å². The van der Waals surface area contributed by atoms with Gasteiger partial charge in [-0.3, -0.25) is 0 Å². The van der Waals surface area contributed by atoms with Crippen LogP contribution in [0.25, 0.3) is 0 Å². The van der Waals surface area contributed by atoms with Gasteiger partial charge in [0.1, 0.15) is 34.5 Å². The van der Waals surface area contributed by atoms with Crippen molar-refractivity contribution >= 4 is 52.8 Å². The Morgan fingerprint density at radius 2 is 0.519 bits per heavy atom. The summed E-state index contributed by atoms with van der Waals surface area (Å²) in [5.41, 5.74) is 3.01. The molecule has 0 fully saturated rings. The van der Waals surface area contributed by atoms with Crippen LogP contribution in [0.1, 0.15) is 167 Å². The van der Waals surface area contributed by atoms with Crippen molar-refractivity contribution in [3.05, 3.63) is 162 Å². The molecule has 7 rings (SSSR count). The van der Waals surface area contributed by atoms with E-state index in [0.29, 0.717) is 88.1 Å². The number of rotatable bonds is 36. The Morgan fingerprint density at radius 1 is 0.296 bits per heavy atom. The highest BCUT2D eigenvalue weighted by atomic mass is 16.5. The topological polar surface area (TPSA) is 181 Å². The molecule has 0 unspecified atom stereocenters. The van der Waals surface area contributed by atoms with Crippen LogP contribution in [0.2, 0.25) is 0 Å². The number of hydrogen-bond acceptors (Lipinski definition) is 15. The van der Waals surface area contributed by atoms with Crippen LogP contribution in [0.15, 0.2) is 146 Å². The van der Waals surface area contributed by atoms with Gasteiger partial charge in [0.05, 0.1) is 36.5 Å². The van der Waals surface area contributed by atoms with E-state index in [1.54, 1.807) is 146 Å². The van der Waals surface area contributed by atoms with Crippen molar-refractivity contribution in [2.24, 2.45) is 0 Å². The molecule has 1 heterocycles. The van der Waals surface area contributed by atoms with Crippen molar-refractivity contribution in [3.8, 4) is 34.5 Å². The Labute approximate surface area is 477 Å². The molecule has 81 heavy (non-hydrogen) atoms. The molecule has 0 saturated heterocycles. The van der Waals surface area contributed by atoms with Crippen molar-refractivity contribution in [2.75, 3.05) is 35.8 Å². The summed E-state index contributed by atoms with van der Waals surface area (Å²) in [5, 5.41) is 9.67. The summed E-state index contributed by atoms with van der Waals surface area (Å²) >= 11 is 0. The van der Waals surface area contributed by atoms with Crippen LogP contribution in [0.3, 0.4) is 0 Å². The van der Waals surface area contributed by atoms with Gasteiger partial charge in [-0.1, -0.05) is 117 Å². The highest BCUT2D eigenvalue weighted by Crippen LogP contribution is 2.27. The Hall–Kier alpha value is -8.46. The van der Waals surface area contributed by atoms with E-state index in [1.807, 2.05) is 0 Å². The molecule has 0 amide bonds. The van der Waals surface area contributed by atoms with E-state index in [9.17, 15) is 14.4 Å². The molecule has 1 aromatic heterocycles. The van der Waals surface area contributed by atoms with E-state index in [1.165, 1.54) is 77.0 Å². The molecule has 0 aliphatic rings. The second kappa shape index (κ2) is 33.9. The number of carbonyl (C=O) groups is 3. The first kappa shape index (κ1) is 60.2. The predicted molar refractivity (Wildman–Crippen MR) is 320 cm³/mol. The quantitative estimate of drug-likeness (QED) is 0.0192. The number of nitrogens with zero attached hydrogens (tertiary/aromatic N) is 3. The van der Waals surface area contributed by atoms with Crippen molar-refractivity contribution in [1.82, 2.24) is 15.0 Å². The molecule has 6 aromatic carbocycles. The number of unbranched alkanes of at least 4 members (excludes halogenated alkanes) is 15. The molecule has 0 saturated carbocycles. The van der Waals surface area contributed by atoms with Crippen molar-refractivity contribution in [3.63, 3.8) is 0 Å². The van der Waals surface area contributed by atoms with Crippen molar-refractivity contribution < 1.29 is 42.8 Å². The van der Waals surface area contributed by atoms with Crippen LogP contribution < -0.4 is 44.4 Å². The lowest BCUT2D eigenvalue weighted by Crippen LogP contribution is -2.09. The third-order valence-electron chi connectivity index (χ3n) is 13.2. The van der Waals surface area contributed by atoms with E-state index < -0.39 is 17.9 Å². The molecule has 0 atom stereocenters. The fourth-order valence-electron chi connectivity index (χ4n) is 8.53. The summed E-state index contributed by atoms with van der Waals surface area (Å²) in [5.74, 6) is 2.25. The first-order chi connectivity index (χ1) is 39.7. The van der Waals surface area contributed by atoms with Gasteiger partial charge < -0.3 is 44.4 Å². The summed E-state index contributed by atoms with van der Waals surface area (Å²) in [7, 11) is 0. The zero-order chi connectivity index (χ0) is 56.7. The van der Waals surface area contributed by atoms with Gasteiger partial charge in [-0.25, -0.2) is 14.4 Å². The second-order valence-corrected chi connectivity index (χ2v) is 19.8. The molecular weight excluding hydrogens is 1020 g/mol. The van der Waals surface area contributed by atoms with E-state index in [-0.39, 0.29) is 17.8 Å².